The van der Waals surface area contributed by atoms with Gasteiger partial charge in [0.1, 0.15) is 0 Å². The van der Waals surface area contributed by atoms with Crippen molar-refractivity contribution in [1.82, 2.24) is 4.98 Å². The Kier molecular flexibility index (Phi) is 3.93. The number of aromatic nitrogens is 1. The molecule has 1 amide bonds. The molecule has 0 bridgehead atoms. The Morgan fingerprint density at radius 1 is 1.60 bits per heavy atom. The molecule has 2 N–H and O–H groups in total. The van der Waals surface area contributed by atoms with E-state index in [0.717, 1.165) is 0 Å². The number of carbonyl (C=O) groups is 1. The van der Waals surface area contributed by atoms with Gasteiger partial charge in [0.2, 0.25) is 17.0 Å². The van der Waals surface area contributed by atoms with Crippen LogP contribution >= 0.6 is 0 Å². The fraction of sp³-hybridized carbons (Fsp3) is 0.333. The van der Waals surface area contributed by atoms with Crippen LogP contribution in [0, 0.1) is 5.92 Å². The second-order valence-electron chi connectivity index (χ2n) is 3.25. The van der Waals surface area contributed by atoms with Crippen LogP contribution in [0.15, 0.2) is 23.4 Å². The van der Waals surface area contributed by atoms with Crippen LogP contribution in [-0.4, -0.2) is 19.7 Å². The van der Waals surface area contributed by atoms with Gasteiger partial charge in [-0.25, -0.2) is 9.19 Å². The number of carbonyl (C=O) groups excluding carboxylic acids is 1. The summed E-state index contributed by atoms with van der Waals surface area (Å²) in [4.78, 5) is 15.1. The van der Waals surface area contributed by atoms with Crippen molar-refractivity contribution < 1.29 is 13.6 Å². The Bertz CT molecular complexity index is 393. The first-order valence-corrected chi connectivity index (χ1v) is 5.49. The van der Waals surface area contributed by atoms with Gasteiger partial charge in [0.25, 0.3) is 0 Å². The van der Waals surface area contributed by atoms with Crippen molar-refractivity contribution in [2.45, 2.75) is 18.9 Å². The molecule has 0 aliphatic heterocycles. The summed E-state index contributed by atoms with van der Waals surface area (Å²) in [5, 5.41) is 2.50. The molecule has 82 valence electrons. The molecule has 15 heavy (non-hydrogen) atoms. The number of amides is 1. The highest BCUT2D eigenvalue weighted by molar-refractivity contribution is 7.79. The van der Waals surface area contributed by atoms with Gasteiger partial charge in [0.05, 0.1) is 5.69 Å². The monoisotopic (exact) mass is 228 g/mol. The Morgan fingerprint density at radius 2 is 2.27 bits per heavy atom. The summed E-state index contributed by atoms with van der Waals surface area (Å²) in [7, 11) is 0. The summed E-state index contributed by atoms with van der Waals surface area (Å²) in [5.74, 6) is -0.403. The highest BCUT2D eigenvalue weighted by atomic mass is 32.2. The SMILES string of the molecule is CC(C)C(=O)Nc1cccnc1S(=O)O. The largest absolute Gasteiger partial charge is 0.323 e. The molecule has 1 unspecified atom stereocenters. The van der Waals surface area contributed by atoms with Gasteiger partial charge in [0, 0.05) is 12.1 Å². The van der Waals surface area contributed by atoms with E-state index in [0.29, 0.717) is 0 Å². The third-order valence-electron chi connectivity index (χ3n) is 1.72. The third kappa shape index (κ3) is 3.10. The fourth-order valence-corrected chi connectivity index (χ4v) is 1.36. The van der Waals surface area contributed by atoms with Crippen molar-refractivity contribution in [3.05, 3.63) is 18.3 Å². The molecule has 0 aliphatic carbocycles. The van der Waals surface area contributed by atoms with Gasteiger partial charge in [0.15, 0.2) is 5.03 Å². The number of hydrogen-bond acceptors (Lipinski definition) is 3. The molecule has 1 heterocycles. The number of nitrogens with one attached hydrogen (secondary N) is 1. The normalized spacial score (nSPS) is 12.5. The predicted molar refractivity (Wildman–Crippen MR) is 56.7 cm³/mol. The lowest BCUT2D eigenvalue weighted by Gasteiger charge is -2.09. The molecule has 5 nitrogen and oxygen atoms in total. The third-order valence-corrected chi connectivity index (χ3v) is 2.37. The first-order chi connectivity index (χ1) is 7.02. The molecule has 0 saturated heterocycles. The topological polar surface area (TPSA) is 79.3 Å². The summed E-state index contributed by atoms with van der Waals surface area (Å²) < 4.78 is 19.8. The number of nitrogens with zero attached hydrogens (tertiary/aromatic N) is 1. The molecule has 6 heteroatoms. The molecule has 1 rings (SSSR count). The minimum absolute atomic E-state index is 0.0356. The Labute approximate surface area is 90.2 Å². The molecule has 0 aliphatic rings. The zero-order valence-electron chi connectivity index (χ0n) is 8.43. The molecule has 1 aromatic heterocycles. The molecule has 0 aromatic carbocycles. The van der Waals surface area contributed by atoms with Crippen LogP contribution < -0.4 is 5.32 Å². The second-order valence-corrected chi connectivity index (χ2v) is 4.13. The van der Waals surface area contributed by atoms with Gasteiger partial charge in [-0.1, -0.05) is 13.8 Å². The lowest BCUT2D eigenvalue weighted by atomic mass is 10.2. The molecule has 0 saturated carbocycles. The van der Waals surface area contributed by atoms with Gasteiger partial charge in [-0.05, 0) is 12.1 Å². The van der Waals surface area contributed by atoms with Crippen LogP contribution in [0.4, 0.5) is 5.69 Å². The van der Waals surface area contributed by atoms with E-state index < -0.39 is 11.1 Å². The predicted octanol–water partition coefficient (Wildman–Crippen LogP) is 1.26. The molecular formula is C9H12N2O3S. The zero-order chi connectivity index (χ0) is 11.4. The van der Waals surface area contributed by atoms with Crippen molar-refractivity contribution in [3.8, 4) is 0 Å². The van der Waals surface area contributed by atoms with Crippen LogP contribution in [-0.2, 0) is 15.9 Å². The summed E-state index contributed by atoms with van der Waals surface area (Å²) in [6.45, 7) is 3.47. The Balaban J connectivity index is 2.94. The average molecular weight is 228 g/mol. The van der Waals surface area contributed by atoms with Gasteiger partial charge < -0.3 is 9.87 Å². The molecule has 1 aromatic rings. The van der Waals surface area contributed by atoms with Crippen molar-refractivity contribution in [3.63, 3.8) is 0 Å². The van der Waals surface area contributed by atoms with E-state index >= 15 is 0 Å². The quantitative estimate of drug-likeness (QED) is 0.763. The second kappa shape index (κ2) is 4.99. The van der Waals surface area contributed by atoms with Crippen molar-refractivity contribution in [2.24, 2.45) is 5.92 Å². The summed E-state index contributed by atoms with van der Waals surface area (Å²) in [6, 6.07) is 3.13. The molecule has 1 atom stereocenters. The van der Waals surface area contributed by atoms with E-state index in [9.17, 15) is 9.00 Å². The molecule has 0 fully saturated rings. The van der Waals surface area contributed by atoms with Crippen LogP contribution in [0.2, 0.25) is 0 Å². The van der Waals surface area contributed by atoms with Gasteiger partial charge in [-0.3, -0.25) is 4.79 Å². The maximum atomic E-state index is 11.4. The molecule has 0 spiro atoms. The number of rotatable bonds is 3. The van der Waals surface area contributed by atoms with E-state index in [1.165, 1.54) is 12.3 Å². The summed E-state index contributed by atoms with van der Waals surface area (Å²) in [6.07, 6.45) is 1.40. The minimum Gasteiger partial charge on any atom is -0.323 e. The highest BCUT2D eigenvalue weighted by Gasteiger charge is 2.13. The molecular weight excluding hydrogens is 216 g/mol. The van der Waals surface area contributed by atoms with E-state index in [-0.39, 0.29) is 22.5 Å². The van der Waals surface area contributed by atoms with E-state index in [4.69, 9.17) is 4.55 Å². The minimum atomic E-state index is -2.20. The van der Waals surface area contributed by atoms with E-state index in [2.05, 4.69) is 10.3 Å². The smallest absolute Gasteiger partial charge is 0.226 e. The number of hydrogen-bond donors (Lipinski definition) is 2. The Morgan fingerprint density at radius 3 is 2.80 bits per heavy atom. The van der Waals surface area contributed by atoms with Crippen molar-refractivity contribution in [2.75, 3.05) is 5.32 Å². The van der Waals surface area contributed by atoms with Crippen molar-refractivity contribution >= 4 is 22.7 Å². The maximum Gasteiger partial charge on any atom is 0.226 e. The van der Waals surface area contributed by atoms with Crippen LogP contribution in [0.25, 0.3) is 0 Å². The summed E-state index contributed by atoms with van der Waals surface area (Å²) >= 11 is -2.20. The first-order valence-electron chi connectivity index (χ1n) is 4.39. The van der Waals surface area contributed by atoms with Crippen LogP contribution in [0.1, 0.15) is 13.8 Å². The zero-order valence-corrected chi connectivity index (χ0v) is 9.25. The van der Waals surface area contributed by atoms with Crippen molar-refractivity contribution in [1.29, 1.82) is 0 Å². The number of anilines is 1. The average Bonchev–Trinajstić information content (AvgIpc) is 2.18. The summed E-state index contributed by atoms with van der Waals surface area (Å²) in [5.41, 5.74) is 0.275. The standard InChI is InChI=1S/C9H12N2O3S/c1-6(2)8(12)11-7-4-3-5-10-9(7)15(13)14/h3-6H,1-2H3,(H,11,12)(H,13,14). The van der Waals surface area contributed by atoms with E-state index in [1.807, 2.05) is 0 Å². The van der Waals surface area contributed by atoms with Crippen LogP contribution in [0.3, 0.4) is 0 Å². The van der Waals surface area contributed by atoms with E-state index in [1.54, 1.807) is 19.9 Å². The number of pyridine rings is 1. The van der Waals surface area contributed by atoms with Gasteiger partial charge >= 0.3 is 0 Å². The highest BCUT2D eigenvalue weighted by Crippen LogP contribution is 2.15. The lowest BCUT2D eigenvalue weighted by molar-refractivity contribution is -0.118. The first kappa shape index (κ1) is 11.8. The lowest BCUT2D eigenvalue weighted by Crippen LogP contribution is -2.19. The Hall–Kier alpha value is -1.27. The maximum absolute atomic E-state index is 11.4. The molecule has 0 radical (unpaired) electrons. The van der Waals surface area contributed by atoms with Crippen LogP contribution in [0.5, 0.6) is 0 Å². The van der Waals surface area contributed by atoms with Gasteiger partial charge in [-0.15, -0.1) is 0 Å². The fourth-order valence-electron chi connectivity index (χ4n) is 0.902. The van der Waals surface area contributed by atoms with Gasteiger partial charge in [-0.2, -0.15) is 0 Å².